The maximum atomic E-state index is 10.7. The van der Waals surface area contributed by atoms with Crippen LogP contribution in [-0.4, -0.2) is 24.6 Å². The van der Waals surface area contributed by atoms with Crippen LogP contribution in [0.3, 0.4) is 0 Å². The van der Waals surface area contributed by atoms with Crippen LogP contribution < -0.4 is 10.5 Å². The number of hydrogen-bond donors (Lipinski definition) is 2. The quantitative estimate of drug-likeness (QED) is 0.662. The molecule has 1 aromatic heterocycles. The lowest BCUT2D eigenvalue weighted by atomic mass is 10.3. The minimum atomic E-state index is -3.20. The Morgan fingerprint density at radius 3 is 2.85 bits per heavy atom. The molecule has 6 nitrogen and oxygen atoms in total. The molecule has 0 bridgehead atoms. The molecule has 0 radical (unpaired) electrons. The van der Waals surface area contributed by atoms with Crippen LogP contribution in [0.2, 0.25) is 0 Å². The number of nitrogens with zero attached hydrogens (tertiary/aromatic N) is 2. The summed E-state index contributed by atoms with van der Waals surface area (Å²) >= 11 is 0. The molecule has 0 aliphatic rings. The second-order valence-corrected chi connectivity index (χ2v) is 4.36. The molecule has 0 unspecified atom stereocenters. The van der Waals surface area contributed by atoms with Gasteiger partial charge in [0.15, 0.2) is 0 Å². The van der Waals surface area contributed by atoms with Crippen LogP contribution in [0.4, 0.5) is 5.82 Å². The molecule has 13 heavy (non-hydrogen) atoms. The van der Waals surface area contributed by atoms with E-state index in [9.17, 15) is 8.42 Å². The molecule has 1 aromatic rings. The summed E-state index contributed by atoms with van der Waals surface area (Å²) in [6.45, 7) is 0.117. The van der Waals surface area contributed by atoms with Gasteiger partial charge in [0, 0.05) is 18.3 Å². The maximum absolute atomic E-state index is 10.7. The molecule has 0 amide bonds. The highest BCUT2D eigenvalue weighted by atomic mass is 32.2. The third-order valence-electron chi connectivity index (χ3n) is 1.35. The van der Waals surface area contributed by atoms with E-state index in [1.165, 1.54) is 12.5 Å². The number of sulfonamides is 1. The fourth-order valence-corrected chi connectivity index (χ4v) is 1.13. The van der Waals surface area contributed by atoms with Gasteiger partial charge in [-0.25, -0.2) is 23.1 Å². The average Bonchev–Trinajstić information content (AvgIpc) is 2.01. The Morgan fingerprint density at radius 1 is 1.62 bits per heavy atom. The maximum Gasteiger partial charge on any atom is 0.209 e. The predicted octanol–water partition coefficient (Wildman–Crippen LogP) is -0.892. The number of nitrogens with two attached hydrogens (primary N) is 1. The highest BCUT2D eigenvalue weighted by Crippen LogP contribution is 2.03. The first-order chi connectivity index (χ1) is 5.99. The van der Waals surface area contributed by atoms with Crippen molar-refractivity contribution in [3.05, 3.63) is 18.1 Å². The van der Waals surface area contributed by atoms with Gasteiger partial charge in [0.25, 0.3) is 0 Å². The van der Waals surface area contributed by atoms with E-state index in [1.807, 2.05) is 0 Å². The van der Waals surface area contributed by atoms with Crippen molar-refractivity contribution in [3.63, 3.8) is 0 Å². The number of nitrogen functional groups attached to an aromatic ring is 1. The van der Waals surface area contributed by atoms with Crippen molar-refractivity contribution in [1.29, 1.82) is 0 Å². The minimum Gasteiger partial charge on any atom is -0.383 e. The lowest BCUT2D eigenvalue weighted by Crippen LogP contribution is -2.22. The zero-order chi connectivity index (χ0) is 9.90. The Bertz CT molecular complexity index is 389. The summed E-state index contributed by atoms with van der Waals surface area (Å²) in [5.41, 5.74) is 6.03. The molecular weight excluding hydrogens is 192 g/mol. The molecule has 0 aliphatic carbocycles. The minimum absolute atomic E-state index is 0.117. The highest BCUT2D eigenvalue weighted by molar-refractivity contribution is 7.88. The van der Waals surface area contributed by atoms with Gasteiger partial charge in [-0.1, -0.05) is 0 Å². The Morgan fingerprint density at radius 2 is 2.31 bits per heavy atom. The van der Waals surface area contributed by atoms with E-state index < -0.39 is 10.0 Å². The van der Waals surface area contributed by atoms with Crippen LogP contribution in [-0.2, 0) is 16.6 Å². The largest absolute Gasteiger partial charge is 0.383 e. The normalized spacial score (nSPS) is 11.5. The summed E-state index contributed by atoms with van der Waals surface area (Å²) in [6.07, 6.45) is 3.85. The van der Waals surface area contributed by atoms with Gasteiger partial charge in [0.05, 0.1) is 6.26 Å². The van der Waals surface area contributed by atoms with Crippen LogP contribution in [0.5, 0.6) is 0 Å². The van der Waals surface area contributed by atoms with Gasteiger partial charge in [-0.2, -0.15) is 0 Å². The molecule has 7 heteroatoms. The van der Waals surface area contributed by atoms with Gasteiger partial charge in [-0.05, 0) is 0 Å². The Hall–Kier alpha value is -1.21. The molecule has 0 saturated carbocycles. The summed E-state index contributed by atoms with van der Waals surface area (Å²) in [6, 6.07) is 0. The van der Waals surface area contributed by atoms with Crippen LogP contribution in [0.1, 0.15) is 5.56 Å². The molecule has 0 aliphatic heterocycles. The van der Waals surface area contributed by atoms with Crippen molar-refractivity contribution >= 4 is 15.8 Å². The van der Waals surface area contributed by atoms with Gasteiger partial charge in [0.1, 0.15) is 12.1 Å². The Balaban J connectivity index is 2.71. The summed E-state index contributed by atoms with van der Waals surface area (Å²) < 4.78 is 23.7. The number of aromatic nitrogens is 2. The summed E-state index contributed by atoms with van der Waals surface area (Å²) in [4.78, 5) is 7.43. The molecule has 0 fully saturated rings. The van der Waals surface area contributed by atoms with Crippen molar-refractivity contribution < 1.29 is 8.42 Å². The third-order valence-corrected chi connectivity index (χ3v) is 2.02. The van der Waals surface area contributed by atoms with E-state index in [1.54, 1.807) is 0 Å². The molecule has 0 spiro atoms. The third kappa shape index (κ3) is 3.34. The summed E-state index contributed by atoms with van der Waals surface area (Å²) in [5.74, 6) is 0.283. The molecule has 1 rings (SSSR count). The molecule has 0 saturated heterocycles. The number of hydrogen-bond acceptors (Lipinski definition) is 5. The second kappa shape index (κ2) is 3.67. The molecule has 0 aromatic carbocycles. The lowest BCUT2D eigenvalue weighted by molar-refractivity contribution is 0.587. The Labute approximate surface area is 76.3 Å². The molecule has 1 heterocycles. The lowest BCUT2D eigenvalue weighted by Gasteiger charge is -2.03. The van der Waals surface area contributed by atoms with Crippen LogP contribution in [0, 0.1) is 0 Å². The van der Waals surface area contributed by atoms with Gasteiger partial charge in [-0.15, -0.1) is 0 Å². The van der Waals surface area contributed by atoms with Crippen molar-refractivity contribution in [2.45, 2.75) is 6.54 Å². The van der Waals surface area contributed by atoms with Gasteiger partial charge < -0.3 is 5.73 Å². The standard InChI is InChI=1S/C6H10N4O2S/c1-13(11,12)10-3-5-2-8-4-9-6(5)7/h2,4,10H,3H2,1H3,(H2,7,8,9). The topological polar surface area (TPSA) is 98.0 Å². The van der Waals surface area contributed by atoms with Gasteiger partial charge >= 0.3 is 0 Å². The summed E-state index contributed by atoms with van der Waals surface area (Å²) in [5, 5.41) is 0. The van der Waals surface area contributed by atoms with E-state index in [-0.39, 0.29) is 12.4 Å². The zero-order valence-electron chi connectivity index (χ0n) is 7.06. The van der Waals surface area contributed by atoms with Crippen LogP contribution >= 0.6 is 0 Å². The Kier molecular flexibility index (Phi) is 2.79. The highest BCUT2D eigenvalue weighted by Gasteiger charge is 2.03. The van der Waals surface area contributed by atoms with Crippen LogP contribution in [0.15, 0.2) is 12.5 Å². The van der Waals surface area contributed by atoms with Gasteiger partial charge in [-0.3, -0.25) is 0 Å². The number of nitrogens with one attached hydrogen (secondary N) is 1. The van der Waals surface area contributed by atoms with Gasteiger partial charge in [0.2, 0.25) is 10.0 Å². The van der Waals surface area contributed by atoms with Crippen molar-refractivity contribution in [2.75, 3.05) is 12.0 Å². The van der Waals surface area contributed by atoms with Crippen LogP contribution in [0.25, 0.3) is 0 Å². The first kappa shape index (κ1) is 9.87. The predicted molar refractivity (Wildman–Crippen MR) is 48.1 cm³/mol. The average molecular weight is 202 g/mol. The van der Waals surface area contributed by atoms with E-state index in [2.05, 4.69) is 14.7 Å². The van der Waals surface area contributed by atoms with E-state index in [4.69, 9.17) is 5.73 Å². The first-order valence-corrected chi connectivity index (χ1v) is 5.37. The molecule has 72 valence electrons. The van der Waals surface area contributed by atoms with E-state index >= 15 is 0 Å². The molecule has 0 atom stereocenters. The SMILES string of the molecule is CS(=O)(=O)NCc1cncnc1N. The zero-order valence-corrected chi connectivity index (χ0v) is 7.87. The smallest absolute Gasteiger partial charge is 0.209 e. The molecule has 3 N–H and O–H groups in total. The van der Waals surface area contributed by atoms with Crippen molar-refractivity contribution in [2.24, 2.45) is 0 Å². The monoisotopic (exact) mass is 202 g/mol. The summed E-state index contributed by atoms with van der Waals surface area (Å²) in [7, 11) is -3.20. The number of rotatable bonds is 3. The van der Waals surface area contributed by atoms with Crippen molar-refractivity contribution in [1.82, 2.24) is 14.7 Å². The van der Waals surface area contributed by atoms with E-state index in [0.717, 1.165) is 6.26 Å². The van der Waals surface area contributed by atoms with E-state index in [0.29, 0.717) is 5.56 Å². The number of anilines is 1. The second-order valence-electron chi connectivity index (χ2n) is 2.53. The fraction of sp³-hybridized carbons (Fsp3) is 0.333. The van der Waals surface area contributed by atoms with Crippen molar-refractivity contribution in [3.8, 4) is 0 Å². The first-order valence-electron chi connectivity index (χ1n) is 3.48. The fourth-order valence-electron chi connectivity index (χ4n) is 0.713. The molecular formula is C6H10N4O2S.